The van der Waals surface area contributed by atoms with Crippen LogP contribution in [0.3, 0.4) is 0 Å². The van der Waals surface area contributed by atoms with E-state index in [9.17, 15) is 14.4 Å². The molecule has 38 heavy (non-hydrogen) atoms. The van der Waals surface area contributed by atoms with Gasteiger partial charge in [-0.05, 0) is 67.6 Å². The quantitative estimate of drug-likeness (QED) is 0.0982. The van der Waals surface area contributed by atoms with Crippen molar-refractivity contribution in [3.8, 4) is 5.75 Å². The highest BCUT2D eigenvalue weighted by molar-refractivity contribution is 6.32. The van der Waals surface area contributed by atoms with Gasteiger partial charge in [0.15, 0.2) is 0 Å². The molecule has 0 radical (unpaired) electrons. The summed E-state index contributed by atoms with van der Waals surface area (Å²) in [4.78, 5) is 36.8. The molecule has 10 nitrogen and oxygen atoms in total. The van der Waals surface area contributed by atoms with Crippen molar-refractivity contribution < 1.29 is 18.7 Å². The number of amides is 2. The summed E-state index contributed by atoms with van der Waals surface area (Å²) < 4.78 is 10.5. The first kappa shape index (κ1) is 26.2. The lowest BCUT2D eigenvalue weighted by Gasteiger charge is -2.06. The maximum atomic E-state index is 12.5. The highest BCUT2D eigenvalue weighted by Crippen LogP contribution is 2.27. The second-order valence-corrected chi connectivity index (χ2v) is 8.41. The molecular weight excluding hydrogens is 510 g/mol. The molecule has 0 aliphatic rings. The van der Waals surface area contributed by atoms with Crippen molar-refractivity contribution >= 4 is 57.2 Å². The number of hydrogen-bond donors (Lipinski definition) is 2. The predicted octanol–water partition coefficient (Wildman–Crippen LogP) is 5.74. The standard InChI is InChI=1S/C27H22ClN5O5/c1-16(30-33-26(35)15-25(34)29-18-7-10-20(37-2)11-8-18)21-14-17-13-19(9-12-24(17)38-27(21)36)31-32-23-6-4-3-5-22(23)28/h3-14H,15H2,1-2H3,(H,29,34)(H,33,35)/b30-16+,32-31?. The van der Waals surface area contributed by atoms with Crippen LogP contribution in [0.1, 0.15) is 18.9 Å². The molecule has 1 heterocycles. The lowest BCUT2D eigenvalue weighted by Crippen LogP contribution is -2.26. The first-order valence-corrected chi connectivity index (χ1v) is 11.7. The molecule has 11 heteroatoms. The van der Waals surface area contributed by atoms with Crippen LogP contribution in [0.15, 0.2) is 97.3 Å². The summed E-state index contributed by atoms with van der Waals surface area (Å²) in [5.74, 6) is -0.534. The number of halogens is 1. The van der Waals surface area contributed by atoms with Gasteiger partial charge in [0.1, 0.15) is 23.4 Å². The van der Waals surface area contributed by atoms with Crippen molar-refractivity contribution in [1.82, 2.24) is 5.43 Å². The Kier molecular flexibility index (Phi) is 8.24. The van der Waals surface area contributed by atoms with Gasteiger partial charge in [-0.2, -0.15) is 10.2 Å². The molecule has 0 saturated heterocycles. The number of hydrogen-bond acceptors (Lipinski definition) is 8. The van der Waals surface area contributed by atoms with Gasteiger partial charge in [0, 0.05) is 11.1 Å². The normalized spacial score (nSPS) is 11.5. The summed E-state index contributed by atoms with van der Waals surface area (Å²) in [6.07, 6.45) is -0.463. The number of anilines is 1. The summed E-state index contributed by atoms with van der Waals surface area (Å²) in [5.41, 5.74) is 3.90. The monoisotopic (exact) mass is 531 g/mol. The minimum Gasteiger partial charge on any atom is -0.497 e. The molecule has 2 amide bonds. The topological polar surface area (TPSA) is 135 Å². The van der Waals surface area contributed by atoms with Crippen molar-refractivity contribution in [2.75, 3.05) is 12.4 Å². The van der Waals surface area contributed by atoms with Gasteiger partial charge in [-0.3, -0.25) is 9.59 Å². The average Bonchev–Trinajstić information content (AvgIpc) is 2.91. The van der Waals surface area contributed by atoms with E-state index in [1.807, 2.05) is 0 Å². The minimum absolute atomic E-state index is 0.140. The lowest BCUT2D eigenvalue weighted by atomic mass is 10.1. The van der Waals surface area contributed by atoms with Crippen LogP contribution < -0.4 is 21.1 Å². The fraction of sp³-hybridized carbons (Fsp3) is 0.111. The molecule has 0 aliphatic carbocycles. The molecule has 3 aromatic carbocycles. The number of nitrogens with zero attached hydrogens (tertiary/aromatic N) is 3. The smallest absolute Gasteiger partial charge is 0.345 e. The molecule has 4 rings (SSSR count). The first-order valence-electron chi connectivity index (χ1n) is 11.3. The highest BCUT2D eigenvalue weighted by Gasteiger charge is 2.12. The molecule has 1 aromatic heterocycles. The number of rotatable bonds is 8. The molecule has 0 saturated carbocycles. The number of fused-ring (bicyclic) bond motifs is 1. The Bertz CT molecular complexity index is 1610. The van der Waals surface area contributed by atoms with E-state index in [1.54, 1.807) is 72.8 Å². The Morgan fingerprint density at radius 1 is 0.974 bits per heavy atom. The SMILES string of the molecule is COc1ccc(NC(=O)CC(=O)N/N=C(\C)c2cc3cc(N=Nc4ccccc4Cl)ccc3oc2=O)cc1. The number of nitrogens with one attached hydrogen (secondary N) is 2. The van der Waals surface area contributed by atoms with Crippen molar-refractivity contribution in [2.45, 2.75) is 13.3 Å². The van der Waals surface area contributed by atoms with Crippen LogP contribution in [0, 0.1) is 0 Å². The molecule has 4 aromatic rings. The Morgan fingerprint density at radius 3 is 2.47 bits per heavy atom. The van der Waals surface area contributed by atoms with Crippen molar-refractivity contribution in [1.29, 1.82) is 0 Å². The third-order valence-corrected chi connectivity index (χ3v) is 5.59. The van der Waals surface area contributed by atoms with Gasteiger partial charge in [-0.25, -0.2) is 10.2 Å². The van der Waals surface area contributed by atoms with Crippen LogP contribution in [0.4, 0.5) is 17.1 Å². The molecule has 0 fully saturated rings. The highest BCUT2D eigenvalue weighted by atomic mass is 35.5. The maximum absolute atomic E-state index is 12.5. The van der Waals surface area contributed by atoms with E-state index in [-0.39, 0.29) is 11.3 Å². The van der Waals surface area contributed by atoms with Crippen LogP contribution in [0.2, 0.25) is 5.02 Å². The van der Waals surface area contributed by atoms with Gasteiger partial charge in [-0.15, -0.1) is 5.11 Å². The van der Waals surface area contributed by atoms with Crippen LogP contribution in [-0.2, 0) is 9.59 Å². The summed E-state index contributed by atoms with van der Waals surface area (Å²) in [7, 11) is 1.54. The fourth-order valence-corrected chi connectivity index (χ4v) is 3.51. The molecule has 192 valence electrons. The fourth-order valence-electron chi connectivity index (χ4n) is 3.34. The molecule has 0 aliphatic heterocycles. The summed E-state index contributed by atoms with van der Waals surface area (Å²) in [6, 6.07) is 20.3. The molecule has 2 N–H and O–H groups in total. The van der Waals surface area contributed by atoms with Crippen LogP contribution in [-0.4, -0.2) is 24.6 Å². The van der Waals surface area contributed by atoms with Gasteiger partial charge >= 0.3 is 5.63 Å². The van der Waals surface area contributed by atoms with Gasteiger partial charge < -0.3 is 14.5 Å². The Balaban J connectivity index is 1.44. The van der Waals surface area contributed by atoms with Gasteiger partial charge in [0.05, 0.1) is 29.1 Å². The zero-order chi connectivity index (χ0) is 27.1. The van der Waals surface area contributed by atoms with Gasteiger partial charge in [0.25, 0.3) is 0 Å². The number of benzene rings is 3. The second-order valence-electron chi connectivity index (χ2n) is 8.01. The molecular formula is C27H22ClN5O5. The molecule has 0 bridgehead atoms. The van der Waals surface area contributed by atoms with E-state index in [2.05, 4.69) is 26.1 Å². The average molecular weight is 532 g/mol. The zero-order valence-electron chi connectivity index (χ0n) is 20.4. The van der Waals surface area contributed by atoms with E-state index in [4.69, 9.17) is 20.8 Å². The minimum atomic E-state index is -0.650. The zero-order valence-corrected chi connectivity index (χ0v) is 21.2. The first-order chi connectivity index (χ1) is 18.3. The number of methoxy groups -OCH3 is 1. The largest absolute Gasteiger partial charge is 0.497 e. The molecule has 0 atom stereocenters. The number of carbonyl (C=O) groups excluding carboxylic acids is 2. The van der Waals surface area contributed by atoms with Crippen molar-refractivity contribution in [3.05, 3.63) is 93.8 Å². The van der Waals surface area contributed by atoms with E-state index in [0.29, 0.717) is 38.8 Å². The van der Waals surface area contributed by atoms with Crippen LogP contribution in [0.5, 0.6) is 5.75 Å². The molecule has 0 unspecified atom stereocenters. The van der Waals surface area contributed by atoms with E-state index in [0.717, 1.165) is 0 Å². The van der Waals surface area contributed by atoms with E-state index in [1.165, 1.54) is 14.0 Å². The van der Waals surface area contributed by atoms with E-state index >= 15 is 0 Å². The van der Waals surface area contributed by atoms with Crippen molar-refractivity contribution in [3.63, 3.8) is 0 Å². The molecule has 0 spiro atoms. The third-order valence-electron chi connectivity index (χ3n) is 5.27. The Morgan fingerprint density at radius 2 is 1.74 bits per heavy atom. The predicted molar refractivity (Wildman–Crippen MR) is 145 cm³/mol. The Labute approximate surface area is 222 Å². The summed E-state index contributed by atoms with van der Waals surface area (Å²) in [6.45, 7) is 1.54. The van der Waals surface area contributed by atoms with Crippen LogP contribution >= 0.6 is 11.6 Å². The summed E-state index contributed by atoms with van der Waals surface area (Å²) >= 11 is 6.11. The van der Waals surface area contributed by atoms with E-state index < -0.39 is 23.9 Å². The van der Waals surface area contributed by atoms with Crippen molar-refractivity contribution in [2.24, 2.45) is 15.3 Å². The maximum Gasteiger partial charge on any atom is 0.345 e. The van der Waals surface area contributed by atoms with Gasteiger partial charge in [0.2, 0.25) is 11.8 Å². The summed E-state index contributed by atoms with van der Waals surface area (Å²) in [5, 5.41) is 16.0. The second kappa shape index (κ2) is 11.9. The third kappa shape index (κ3) is 6.68. The number of hydrazone groups is 1. The number of carbonyl (C=O) groups is 2. The van der Waals surface area contributed by atoms with Gasteiger partial charge in [-0.1, -0.05) is 23.7 Å². The van der Waals surface area contributed by atoms with Crippen LogP contribution in [0.25, 0.3) is 11.0 Å². The number of azo groups is 1. The number of ether oxygens (including phenoxy) is 1. The lowest BCUT2D eigenvalue weighted by molar-refractivity contribution is -0.126. The Hall–Kier alpha value is -4.83.